The number of aromatic nitrogens is 1. The van der Waals surface area contributed by atoms with Gasteiger partial charge in [0.2, 0.25) is 0 Å². The summed E-state index contributed by atoms with van der Waals surface area (Å²) in [5.41, 5.74) is 7.15. The second kappa shape index (κ2) is 5.61. The van der Waals surface area contributed by atoms with Gasteiger partial charge < -0.3 is 5.73 Å². The lowest BCUT2D eigenvalue weighted by molar-refractivity contribution is 0.299. The Labute approximate surface area is 100 Å². The molecule has 0 bridgehead atoms. The van der Waals surface area contributed by atoms with E-state index >= 15 is 0 Å². The van der Waals surface area contributed by atoms with Crippen LogP contribution in [-0.4, -0.2) is 11.5 Å². The van der Waals surface area contributed by atoms with Crippen molar-refractivity contribution >= 4 is 15.9 Å². The smallest absolute Gasteiger partial charge is 0.0413 e. The van der Waals surface area contributed by atoms with Gasteiger partial charge in [0.25, 0.3) is 0 Å². The Morgan fingerprint density at radius 1 is 1.47 bits per heavy atom. The molecule has 15 heavy (non-hydrogen) atoms. The first-order valence-electron chi connectivity index (χ1n) is 5.40. The van der Waals surface area contributed by atoms with Crippen LogP contribution in [0.15, 0.2) is 22.8 Å². The van der Waals surface area contributed by atoms with E-state index in [1.807, 2.05) is 12.3 Å². The van der Waals surface area contributed by atoms with Crippen molar-refractivity contribution in [2.75, 3.05) is 6.54 Å². The van der Waals surface area contributed by atoms with Crippen LogP contribution in [0.3, 0.4) is 0 Å². The number of nitrogens with zero attached hydrogens (tertiary/aromatic N) is 1. The summed E-state index contributed by atoms with van der Waals surface area (Å²) in [6.45, 7) is 5.15. The SMILES string of the molecule is CCCC(C)(CN)Cc1ccc(Br)cn1. The van der Waals surface area contributed by atoms with Crippen LogP contribution in [-0.2, 0) is 6.42 Å². The highest BCUT2D eigenvalue weighted by molar-refractivity contribution is 9.10. The van der Waals surface area contributed by atoms with E-state index in [1.165, 1.54) is 6.42 Å². The zero-order valence-electron chi connectivity index (χ0n) is 9.46. The van der Waals surface area contributed by atoms with Gasteiger partial charge in [-0.1, -0.05) is 20.3 Å². The molecule has 1 aromatic rings. The summed E-state index contributed by atoms with van der Waals surface area (Å²) in [6.07, 6.45) is 5.13. The molecule has 0 saturated carbocycles. The fourth-order valence-electron chi connectivity index (χ4n) is 1.81. The number of hydrogen-bond donors (Lipinski definition) is 1. The molecule has 0 fully saturated rings. The largest absolute Gasteiger partial charge is 0.330 e. The third-order valence-electron chi connectivity index (χ3n) is 2.74. The van der Waals surface area contributed by atoms with Crippen LogP contribution < -0.4 is 5.73 Å². The first kappa shape index (κ1) is 12.7. The van der Waals surface area contributed by atoms with Crippen LogP contribution >= 0.6 is 15.9 Å². The van der Waals surface area contributed by atoms with Crippen LogP contribution in [0.4, 0.5) is 0 Å². The topological polar surface area (TPSA) is 38.9 Å². The predicted molar refractivity (Wildman–Crippen MR) is 67.7 cm³/mol. The zero-order valence-corrected chi connectivity index (χ0v) is 11.0. The number of hydrogen-bond acceptors (Lipinski definition) is 2. The van der Waals surface area contributed by atoms with Gasteiger partial charge in [0.15, 0.2) is 0 Å². The zero-order chi connectivity index (χ0) is 11.3. The molecule has 1 unspecified atom stereocenters. The Morgan fingerprint density at radius 2 is 2.20 bits per heavy atom. The number of nitrogens with two attached hydrogens (primary N) is 1. The predicted octanol–water partition coefficient (Wildman–Crippen LogP) is 3.15. The minimum atomic E-state index is 0.190. The molecule has 1 aromatic heterocycles. The van der Waals surface area contributed by atoms with E-state index in [0.29, 0.717) is 0 Å². The van der Waals surface area contributed by atoms with Crippen LogP contribution in [0.25, 0.3) is 0 Å². The second-order valence-electron chi connectivity index (χ2n) is 4.41. The number of halogens is 1. The van der Waals surface area contributed by atoms with Crippen molar-refractivity contribution < 1.29 is 0 Å². The van der Waals surface area contributed by atoms with Crippen LogP contribution in [0.1, 0.15) is 32.4 Å². The maximum absolute atomic E-state index is 5.83. The summed E-state index contributed by atoms with van der Waals surface area (Å²) in [7, 11) is 0. The van der Waals surface area contributed by atoms with Crippen LogP contribution in [0.5, 0.6) is 0 Å². The summed E-state index contributed by atoms with van der Waals surface area (Å²) in [5.74, 6) is 0. The lowest BCUT2D eigenvalue weighted by Gasteiger charge is -2.27. The lowest BCUT2D eigenvalue weighted by Crippen LogP contribution is -2.29. The van der Waals surface area contributed by atoms with Gasteiger partial charge in [0, 0.05) is 16.4 Å². The van der Waals surface area contributed by atoms with E-state index in [-0.39, 0.29) is 5.41 Å². The Hall–Kier alpha value is -0.410. The summed E-state index contributed by atoms with van der Waals surface area (Å²) in [6, 6.07) is 4.10. The van der Waals surface area contributed by atoms with Crippen molar-refractivity contribution in [3.8, 4) is 0 Å². The highest BCUT2D eigenvalue weighted by Crippen LogP contribution is 2.26. The van der Waals surface area contributed by atoms with E-state index in [4.69, 9.17) is 5.73 Å². The van der Waals surface area contributed by atoms with Gasteiger partial charge >= 0.3 is 0 Å². The average molecular weight is 271 g/mol. The summed E-state index contributed by atoms with van der Waals surface area (Å²) >= 11 is 3.39. The molecule has 0 radical (unpaired) electrons. The average Bonchev–Trinajstić information content (AvgIpc) is 2.22. The van der Waals surface area contributed by atoms with Gasteiger partial charge in [0.05, 0.1) is 0 Å². The molecule has 0 aliphatic heterocycles. The van der Waals surface area contributed by atoms with Crippen LogP contribution in [0.2, 0.25) is 0 Å². The Balaban J connectivity index is 2.70. The summed E-state index contributed by atoms with van der Waals surface area (Å²) < 4.78 is 1.02. The monoisotopic (exact) mass is 270 g/mol. The van der Waals surface area contributed by atoms with Gasteiger partial charge in [-0.15, -0.1) is 0 Å². The van der Waals surface area contributed by atoms with Gasteiger partial charge in [-0.05, 0) is 52.9 Å². The maximum atomic E-state index is 5.83. The highest BCUT2D eigenvalue weighted by Gasteiger charge is 2.22. The van der Waals surface area contributed by atoms with Crippen molar-refractivity contribution in [2.45, 2.75) is 33.1 Å². The van der Waals surface area contributed by atoms with Crippen molar-refractivity contribution in [3.05, 3.63) is 28.5 Å². The first-order chi connectivity index (χ1) is 7.09. The Bertz CT molecular complexity index is 297. The van der Waals surface area contributed by atoms with Gasteiger partial charge in [-0.25, -0.2) is 0 Å². The minimum absolute atomic E-state index is 0.190. The normalized spacial score (nSPS) is 14.9. The molecular formula is C12H19BrN2. The highest BCUT2D eigenvalue weighted by atomic mass is 79.9. The summed E-state index contributed by atoms with van der Waals surface area (Å²) in [4.78, 5) is 4.39. The quantitative estimate of drug-likeness (QED) is 0.893. The molecule has 3 heteroatoms. The van der Waals surface area contributed by atoms with Gasteiger partial charge in [-0.2, -0.15) is 0 Å². The first-order valence-corrected chi connectivity index (χ1v) is 6.19. The fraction of sp³-hybridized carbons (Fsp3) is 0.583. The molecule has 0 aromatic carbocycles. The summed E-state index contributed by atoms with van der Waals surface area (Å²) in [5, 5.41) is 0. The van der Waals surface area contributed by atoms with Crippen molar-refractivity contribution in [3.63, 3.8) is 0 Å². The molecule has 0 aliphatic carbocycles. The minimum Gasteiger partial charge on any atom is -0.330 e. The van der Waals surface area contributed by atoms with Crippen LogP contribution in [0, 0.1) is 5.41 Å². The molecule has 2 nitrogen and oxygen atoms in total. The molecular weight excluding hydrogens is 252 g/mol. The maximum Gasteiger partial charge on any atom is 0.0413 e. The molecule has 0 spiro atoms. The molecule has 1 atom stereocenters. The fourth-order valence-corrected chi connectivity index (χ4v) is 2.05. The molecule has 0 saturated heterocycles. The Kier molecular flexibility index (Phi) is 4.74. The molecule has 84 valence electrons. The standard InChI is InChI=1S/C12H19BrN2/c1-3-6-12(2,9-14)7-11-5-4-10(13)8-15-11/h4-5,8H,3,6-7,9,14H2,1-2H3. The number of pyridine rings is 1. The van der Waals surface area contributed by atoms with E-state index < -0.39 is 0 Å². The van der Waals surface area contributed by atoms with Crippen molar-refractivity contribution in [1.82, 2.24) is 4.98 Å². The second-order valence-corrected chi connectivity index (χ2v) is 5.32. The van der Waals surface area contributed by atoms with E-state index in [1.54, 1.807) is 0 Å². The van der Waals surface area contributed by atoms with Gasteiger partial charge in [0.1, 0.15) is 0 Å². The number of rotatable bonds is 5. The van der Waals surface area contributed by atoms with Crippen molar-refractivity contribution in [2.24, 2.45) is 11.1 Å². The van der Waals surface area contributed by atoms with Crippen molar-refractivity contribution in [1.29, 1.82) is 0 Å². The van der Waals surface area contributed by atoms with Gasteiger partial charge in [-0.3, -0.25) is 4.98 Å². The van der Waals surface area contributed by atoms with E-state index in [9.17, 15) is 0 Å². The molecule has 1 rings (SSSR count). The Morgan fingerprint density at radius 3 is 2.67 bits per heavy atom. The molecule has 2 N–H and O–H groups in total. The van der Waals surface area contributed by atoms with E-state index in [0.717, 1.165) is 29.6 Å². The molecule has 0 amide bonds. The third-order valence-corrected chi connectivity index (χ3v) is 3.21. The lowest BCUT2D eigenvalue weighted by atomic mass is 9.81. The third kappa shape index (κ3) is 3.92. The van der Waals surface area contributed by atoms with E-state index in [2.05, 4.69) is 40.8 Å². The molecule has 0 aliphatic rings. The molecule has 1 heterocycles.